The van der Waals surface area contributed by atoms with E-state index in [1.54, 1.807) is 0 Å². The minimum atomic E-state index is 0.152. The number of carbonyl (C=O) groups is 1. The number of ketones is 1. The zero-order valence-electron chi connectivity index (χ0n) is 11.1. The lowest BCUT2D eigenvalue weighted by molar-refractivity contribution is 0.0943. The molecule has 0 radical (unpaired) electrons. The molecule has 0 bridgehead atoms. The highest BCUT2D eigenvalue weighted by Crippen LogP contribution is 2.13. The quantitative estimate of drug-likeness (QED) is 0.505. The maximum absolute atomic E-state index is 12.2. The summed E-state index contributed by atoms with van der Waals surface area (Å²) in [7, 11) is 1.96. The van der Waals surface area contributed by atoms with Crippen LogP contribution in [0.4, 0.5) is 0 Å². The van der Waals surface area contributed by atoms with Gasteiger partial charge in [-0.15, -0.1) is 0 Å². The Morgan fingerprint density at radius 1 is 1.20 bits per heavy atom. The Morgan fingerprint density at radius 2 is 1.90 bits per heavy atom. The Hall–Kier alpha value is -0.720. The van der Waals surface area contributed by atoms with E-state index in [9.17, 15) is 4.79 Å². The fraction of sp³-hybridized carbons (Fsp3) is 0.188. The zero-order chi connectivity index (χ0) is 14.5. The third kappa shape index (κ3) is 4.68. The molecule has 0 heterocycles. The highest BCUT2D eigenvalue weighted by Gasteiger charge is 2.09. The molecule has 2 rings (SSSR count). The summed E-state index contributed by atoms with van der Waals surface area (Å²) in [5, 5.41) is 0. The molecule has 20 heavy (non-hydrogen) atoms. The van der Waals surface area contributed by atoms with Crippen molar-refractivity contribution in [3.63, 3.8) is 0 Å². The molecule has 0 aliphatic heterocycles. The van der Waals surface area contributed by atoms with Crippen molar-refractivity contribution in [2.45, 2.75) is 6.54 Å². The van der Waals surface area contributed by atoms with Crippen molar-refractivity contribution in [1.82, 2.24) is 4.90 Å². The molecular formula is C16H15BrINO. The molecule has 0 aliphatic rings. The van der Waals surface area contributed by atoms with Crippen molar-refractivity contribution in [2.24, 2.45) is 0 Å². The molecule has 0 aromatic heterocycles. The van der Waals surface area contributed by atoms with Gasteiger partial charge in [0, 0.05) is 20.2 Å². The van der Waals surface area contributed by atoms with E-state index >= 15 is 0 Å². The van der Waals surface area contributed by atoms with Crippen LogP contribution in [0.3, 0.4) is 0 Å². The number of hydrogen-bond acceptors (Lipinski definition) is 2. The Morgan fingerprint density at radius 3 is 2.55 bits per heavy atom. The molecule has 2 aromatic carbocycles. The van der Waals surface area contributed by atoms with Gasteiger partial charge in [0.05, 0.1) is 6.54 Å². The number of hydrogen-bond donors (Lipinski definition) is 0. The van der Waals surface area contributed by atoms with Crippen LogP contribution in [0.25, 0.3) is 0 Å². The average molecular weight is 444 g/mol. The smallest absolute Gasteiger partial charge is 0.176 e. The van der Waals surface area contributed by atoms with Crippen LogP contribution in [-0.2, 0) is 6.54 Å². The van der Waals surface area contributed by atoms with Gasteiger partial charge in [-0.2, -0.15) is 0 Å². The second-order valence-corrected chi connectivity index (χ2v) is 6.89. The molecule has 0 amide bonds. The summed E-state index contributed by atoms with van der Waals surface area (Å²) < 4.78 is 2.20. The van der Waals surface area contributed by atoms with Crippen LogP contribution in [0.2, 0.25) is 0 Å². The van der Waals surface area contributed by atoms with Crippen LogP contribution in [0, 0.1) is 3.57 Å². The summed E-state index contributed by atoms with van der Waals surface area (Å²) in [5.41, 5.74) is 1.96. The molecule has 0 spiro atoms. The zero-order valence-corrected chi connectivity index (χ0v) is 14.9. The Balaban J connectivity index is 1.95. The number of carbonyl (C=O) groups excluding carboxylic acids is 1. The largest absolute Gasteiger partial charge is 0.295 e. The van der Waals surface area contributed by atoms with E-state index in [2.05, 4.69) is 50.7 Å². The molecule has 104 valence electrons. The van der Waals surface area contributed by atoms with E-state index in [-0.39, 0.29) is 5.78 Å². The van der Waals surface area contributed by atoms with Gasteiger partial charge in [-0.3, -0.25) is 9.69 Å². The topological polar surface area (TPSA) is 20.3 Å². The lowest BCUT2D eigenvalue weighted by Gasteiger charge is -2.16. The number of Topliss-reactive ketones (excluding diaryl/α,β-unsaturated/α-hetero) is 1. The molecule has 0 aliphatic carbocycles. The minimum absolute atomic E-state index is 0.152. The van der Waals surface area contributed by atoms with Gasteiger partial charge in [-0.05, 0) is 59.5 Å². The monoisotopic (exact) mass is 443 g/mol. The predicted molar refractivity (Wildman–Crippen MR) is 94.0 cm³/mol. The van der Waals surface area contributed by atoms with Gasteiger partial charge in [0.2, 0.25) is 0 Å². The van der Waals surface area contributed by atoms with E-state index in [1.165, 1.54) is 5.56 Å². The summed E-state index contributed by atoms with van der Waals surface area (Å²) in [6, 6.07) is 15.8. The molecule has 0 saturated carbocycles. The first-order chi connectivity index (χ1) is 9.54. The van der Waals surface area contributed by atoms with E-state index in [0.717, 1.165) is 20.2 Å². The van der Waals surface area contributed by atoms with Crippen molar-refractivity contribution >= 4 is 44.3 Å². The van der Waals surface area contributed by atoms with Crippen LogP contribution in [0.1, 0.15) is 15.9 Å². The summed E-state index contributed by atoms with van der Waals surface area (Å²) in [4.78, 5) is 14.2. The first-order valence-corrected chi connectivity index (χ1v) is 8.13. The summed E-state index contributed by atoms with van der Waals surface area (Å²) in [5.74, 6) is 0.152. The van der Waals surface area contributed by atoms with E-state index in [4.69, 9.17) is 0 Å². The van der Waals surface area contributed by atoms with Gasteiger partial charge in [0.15, 0.2) is 5.78 Å². The Bertz CT molecular complexity index is 598. The third-order valence-electron chi connectivity index (χ3n) is 2.92. The lowest BCUT2D eigenvalue weighted by Crippen LogP contribution is -2.25. The van der Waals surface area contributed by atoms with E-state index < -0.39 is 0 Å². The number of benzene rings is 2. The van der Waals surface area contributed by atoms with Gasteiger partial charge in [0.1, 0.15) is 0 Å². The SMILES string of the molecule is CN(CC(=O)c1ccc(I)cc1)Cc1cccc(Br)c1. The third-order valence-corrected chi connectivity index (χ3v) is 4.13. The van der Waals surface area contributed by atoms with Crippen LogP contribution in [0.5, 0.6) is 0 Å². The lowest BCUT2D eigenvalue weighted by atomic mass is 10.1. The maximum atomic E-state index is 12.2. The van der Waals surface area contributed by atoms with Crippen LogP contribution in [-0.4, -0.2) is 24.3 Å². The molecule has 2 aromatic rings. The second-order valence-electron chi connectivity index (χ2n) is 4.73. The maximum Gasteiger partial charge on any atom is 0.176 e. The van der Waals surface area contributed by atoms with Crippen molar-refractivity contribution < 1.29 is 4.79 Å². The molecule has 4 heteroatoms. The highest BCUT2D eigenvalue weighted by atomic mass is 127. The molecule has 0 atom stereocenters. The fourth-order valence-electron chi connectivity index (χ4n) is 1.98. The first kappa shape index (κ1) is 15.7. The van der Waals surface area contributed by atoms with Gasteiger partial charge >= 0.3 is 0 Å². The molecule has 2 nitrogen and oxygen atoms in total. The standard InChI is InChI=1S/C16H15BrINO/c1-19(10-12-3-2-4-14(17)9-12)11-16(20)13-5-7-15(18)8-6-13/h2-9H,10-11H2,1H3. The Labute approximate surface area is 141 Å². The van der Waals surface area contributed by atoms with Crippen molar-refractivity contribution in [2.75, 3.05) is 13.6 Å². The average Bonchev–Trinajstić information content (AvgIpc) is 2.39. The van der Waals surface area contributed by atoms with Crippen molar-refractivity contribution in [1.29, 1.82) is 0 Å². The number of nitrogens with zero attached hydrogens (tertiary/aromatic N) is 1. The second kappa shape index (κ2) is 7.33. The van der Waals surface area contributed by atoms with Crippen LogP contribution >= 0.6 is 38.5 Å². The van der Waals surface area contributed by atoms with Gasteiger partial charge in [-0.25, -0.2) is 0 Å². The molecule has 0 fully saturated rings. The summed E-state index contributed by atoms with van der Waals surface area (Å²) in [6.45, 7) is 1.18. The van der Waals surface area contributed by atoms with Gasteiger partial charge in [-0.1, -0.05) is 40.2 Å². The molecule has 0 unspecified atom stereocenters. The Kier molecular flexibility index (Phi) is 5.74. The predicted octanol–water partition coefficient (Wildman–Crippen LogP) is 4.37. The van der Waals surface area contributed by atoms with E-state index in [1.807, 2.05) is 48.3 Å². The minimum Gasteiger partial charge on any atom is -0.295 e. The molecule has 0 saturated heterocycles. The number of likely N-dealkylation sites (N-methyl/N-ethyl adjacent to an activating group) is 1. The van der Waals surface area contributed by atoms with Crippen molar-refractivity contribution in [3.8, 4) is 0 Å². The number of rotatable bonds is 5. The molecular weight excluding hydrogens is 429 g/mol. The summed E-state index contributed by atoms with van der Waals surface area (Å²) >= 11 is 5.70. The van der Waals surface area contributed by atoms with E-state index in [0.29, 0.717) is 6.54 Å². The van der Waals surface area contributed by atoms with Crippen LogP contribution in [0.15, 0.2) is 53.0 Å². The summed E-state index contributed by atoms with van der Waals surface area (Å²) in [6.07, 6.45) is 0. The highest BCUT2D eigenvalue weighted by molar-refractivity contribution is 14.1. The normalized spacial score (nSPS) is 10.8. The fourth-order valence-corrected chi connectivity index (χ4v) is 2.78. The van der Waals surface area contributed by atoms with Crippen LogP contribution < -0.4 is 0 Å². The number of halogens is 2. The first-order valence-electron chi connectivity index (χ1n) is 6.26. The van der Waals surface area contributed by atoms with Crippen molar-refractivity contribution in [3.05, 3.63) is 67.7 Å². The molecule has 0 N–H and O–H groups in total. The van der Waals surface area contributed by atoms with Gasteiger partial charge < -0.3 is 0 Å². The van der Waals surface area contributed by atoms with Gasteiger partial charge in [0.25, 0.3) is 0 Å².